The van der Waals surface area contributed by atoms with Crippen molar-refractivity contribution in [2.45, 2.75) is 78.6 Å². The maximum atomic E-state index is 10.4. The highest BCUT2D eigenvalue weighted by atomic mass is 16.5. The summed E-state index contributed by atoms with van der Waals surface area (Å²) in [6.07, 6.45) is 0. The summed E-state index contributed by atoms with van der Waals surface area (Å²) in [6.45, 7) is 20.3. The van der Waals surface area contributed by atoms with E-state index in [1.165, 1.54) is 54.9 Å². The quantitative estimate of drug-likeness (QED) is 0.155. The van der Waals surface area contributed by atoms with Crippen molar-refractivity contribution < 1.29 is 9.47 Å². The van der Waals surface area contributed by atoms with Crippen molar-refractivity contribution in [3.8, 4) is 62.7 Å². The Bertz CT molecular complexity index is 5890. The zero-order valence-corrected chi connectivity index (χ0v) is 57.6. The van der Waals surface area contributed by atoms with E-state index < -0.39 is 0 Å². The van der Waals surface area contributed by atoms with Gasteiger partial charge in [0, 0.05) is 72.4 Å². The molecule has 13 aromatic carbocycles. The predicted octanol–water partition coefficient (Wildman–Crippen LogP) is 19.8. The highest BCUT2D eigenvalue weighted by Crippen LogP contribution is 2.51. The van der Waals surface area contributed by atoms with Gasteiger partial charge in [0.2, 0.25) is 0 Å². The van der Waals surface area contributed by atoms with E-state index in [9.17, 15) is 5.26 Å². The van der Waals surface area contributed by atoms with Gasteiger partial charge in [0.1, 0.15) is 23.0 Å². The average molecular weight is 1290 g/mol. The summed E-state index contributed by atoms with van der Waals surface area (Å²) in [4.78, 5) is 5.11. The number of aromatic nitrogens is 2. The third-order valence-electron chi connectivity index (χ3n) is 21.7. The van der Waals surface area contributed by atoms with Crippen molar-refractivity contribution in [3.05, 3.63) is 289 Å². The molecule has 0 unspecified atom stereocenters. The molecule has 0 fully saturated rings. The van der Waals surface area contributed by atoms with E-state index in [0.29, 0.717) is 5.56 Å². The Kier molecular flexibility index (Phi) is 12.9. The van der Waals surface area contributed by atoms with Gasteiger partial charge in [0.15, 0.2) is 0 Å². The van der Waals surface area contributed by atoms with Crippen molar-refractivity contribution in [3.63, 3.8) is 0 Å². The maximum Gasteiger partial charge on any atom is 0.260 e. The molecule has 2 aromatic heterocycles. The molecule has 6 heterocycles. The van der Waals surface area contributed by atoms with Gasteiger partial charge < -0.3 is 28.4 Å². The molecule has 0 atom stereocenters. The first-order valence-corrected chi connectivity index (χ1v) is 35.0. The van der Waals surface area contributed by atoms with Crippen LogP contribution in [-0.2, 0) is 16.2 Å². The Morgan fingerprint density at radius 2 is 0.740 bits per heavy atom. The summed E-state index contributed by atoms with van der Waals surface area (Å²) < 4.78 is 19.2. The predicted molar refractivity (Wildman–Crippen MR) is 419 cm³/mol. The van der Waals surface area contributed by atoms with E-state index >= 15 is 0 Å². The van der Waals surface area contributed by atoms with Gasteiger partial charge in [-0.2, -0.15) is 5.26 Å². The van der Waals surface area contributed by atoms with E-state index in [-0.39, 0.29) is 29.7 Å². The minimum atomic E-state index is -0.245. The van der Waals surface area contributed by atoms with E-state index in [4.69, 9.17) is 9.47 Å². The summed E-state index contributed by atoms with van der Waals surface area (Å²) >= 11 is 0. The van der Waals surface area contributed by atoms with Gasteiger partial charge in [-0.25, -0.2) is 0 Å². The van der Waals surface area contributed by atoms with E-state index in [0.717, 1.165) is 129 Å². The van der Waals surface area contributed by atoms with Gasteiger partial charge in [-0.1, -0.05) is 196 Å². The normalized spacial score (nSPS) is 13.5. The maximum absolute atomic E-state index is 10.4. The molecule has 15 aromatic rings. The monoisotopic (exact) mass is 1290 g/mol. The third-order valence-corrected chi connectivity index (χ3v) is 21.7. The van der Waals surface area contributed by atoms with Crippen LogP contribution >= 0.6 is 0 Å². The Morgan fingerprint density at radius 3 is 1.26 bits per heavy atom. The first-order chi connectivity index (χ1) is 48.4. The molecule has 0 N–H and O–H groups in total. The van der Waals surface area contributed by atoms with Crippen LogP contribution in [-0.4, -0.2) is 22.6 Å². The molecule has 100 heavy (non-hydrogen) atoms. The minimum absolute atomic E-state index is 0.0508. The van der Waals surface area contributed by atoms with Gasteiger partial charge >= 0.3 is 0 Å². The zero-order valence-electron chi connectivity index (χ0n) is 57.6. The zero-order chi connectivity index (χ0) is 67.8. The molecule has 0 aliphatic carbocycles. The van der Waals surface area contributed by atoms with Gasteiger partial charge in [-0.15, -0.1) is 0 Å². The number of para-hydroxylation sites is 4. The fourth-order valence-electron chi connectivity index (χ4n) is 16.7. The Morgan fingerprint density at radius 1 is 0.310 bits per heavy atom. The van der Waals surface area contributed by atoms with Crippen molar-refractivity contribution in [1.82, 2.24) is 9.13 Å². The SMILES string of the molecule is CC(C)(C)c1ccc2c(c1)c1cc(C#N)ccc1n2-c1ccc2c(c1)N(c1ccccc1-c1ccccc1)c1cc(-c3cc4c5c(c3)Oc3ccccc3B5c3ccccc3O4)cc3c1B2c1ccc(-n2c4ccc(C(C)(C)C)cc4c4cc(C(C)(C)C)ccc42)cc1N3c1ccccc1. The number of nitrogens with zero attached hydrogens (tertiary/aromatic N) is 5. The number of anilines is 6. The van der Waals surface area contributed by atoms with Crippen LogP contribution in [0.5, 0.6) is 23.0 Å². The molecule has 0 amide bonds. The Balaban J connectivity index is 0.921. The topological polar surface area (TPSA) is 58.6 Å². The van der Waals surface area contributed by atoms with Gasteiger partial charge in [0.05, 0.1) is 39.4 Å². The van der Waals surface area contributed by atoms with Crippen LogP contribution in [0.3, 0.4) is 0 Å². The van der Waals surface area contributed by atoms with Gasteiger partial charge in [-0.3, -0.25) is 0 Å². The molecule has 0 radical (unpaired) electrons. The average Bonchev–Trinajstić information content (AvgIpc) is 0.799. The van der Waals surface area contributed by atoms with Crippen LogP contribution in [0.1, 0.15) is 84.6 Å². The molecule has 4 aliphatic heterocycles. The highest BCUT2D eigenvalue weighted by molar-refractivity contribution is 7.00. The minimum Gasteiger partial charge on any atom is -0.458 e. The lowest BCUT2D eigenvalue weighted by atomic mass is 9.33. The molecule has 9 heteroatoms. The molecule has 7 nitrogen and oxygen atoms in total. The van der Waals surface area contributed by atoms with E-state index in [1.54, 1.807) is 0 Å². The number of hydrogen-bond acceptors (Lipinski definition) is 5. The summed E-state index contributed by atoms with van der Waals surface area (Å²) in [6, 6.07) is 101. The molecule has 4 aliphatic rings. The Labute approximate surface area is 584 Å². The highest BCUT2D eigenvalue weighted by Gasteiger charge is 2.46. The lowest BCUT2D eigenvalue weighted by Crippen LogP contribution is -2.61. The van der Waals surface area contributed by atoms with E-state index in [2.05, 4.69) is 348 Å². The third kappa shape index (κ3) is 9.05. The number of rotatable bonds is 6. The number of benzene rings is 13. The van der Waals surface area contributed by atoms with Crippen LogP contribution in [0.2, 0.25) is 0 Å². The van der Waals surface area contributed by atoms with Crippen LogP contribution in [0.25, 0.3) is 77.2 Å². The first kappa shape index (κ1) is 59.5. The van der Waals surface area contributed by atoms with Crippen LogP contribution < -0.4 is 52.1 Å². The van der Waals surface area contributed by atoms with Crippen LogP contribution in [0.4, 0.5) is 34.1 Å². The summed E-state index contributed by atoms with van der Waals surface area (Å²) in [7, 11) is 0. The van der Waals surface area contributed by atoms with Crippen LogP contribution in [0.15, 0.2) is 267 Å². The second-order valence-electron chi connectivity index (χ2n) is 30.8. The van der Waals surface area contributed by atoms with Crippen molar-refractivity contribution >= 4 is 124 Å². The second-order valence-corrected chi connectivity index (χ2v) is 30.8. The first-order valence-electron chi connectivity index (χ1n) is 35.0. The molecule has 0 saturated heterocycles. The summed E-state index contributed by atoms with van der Waals surface area (Å²) in [5.74, 6) is 3.25. The number of hydrogen-bond donors (Lipinski definition) is 0. The van der Waals surface area contributed by atoms with Crippen LogP contribution in [0, 0.1) is 11.3 Å². The molecule has 0 bridgehead atoms. The van der Waals surface area contributed by atoms with Gasteiger partial charge in [-0.05, 0) is 210 Å². The molecule has 478 valence electrons. The molecule has 0 saturated carbocycles. The fraction of sp³-hybridized carbons (Fsp3) is 0.132. The summed E-state index contributed by atoms with van der Waals surface area (Å²) in [5.41, 5.74) is 28.3. The summed E-state index contributed by atoms with van der Waals surface area (Å²) in [5, 5.41) is 15.1. The smallest absolute Gasteiger partial charge is 0.260 e. The van der Waals surface area contributed by atoms with Gasteiger partial charge in [0.25, 0.3) is 13.4 Å². The number of fused-ring (bicyclic) bond motifs is 14. The largest absolute Gasteiger partial charge is 0.458 e. The molecular formula is C91H71B2N5O2. The lowest BCUT2D eigenvalue weighted by molar-refractivity contribution is 0.465. The fourth-order valence-corrected chi connectivity index (χ4v) is 16.7. The Hall–Kier alpha value is -11.7. The van der Waals surface area contributed by atoms with Crippen molar-refractivity contribution in [2.24, 2.45) is 0 Å². The van der Waals surface area contributed by atoms with Crippen molar-refractivity contribution in [2.75, 3.05) is 9.80 Å². The second kappa shape index (κ2) is 21.6. The lowest BCUT2D eigenvalue weighted by Gasteiger charge is -2.45. The number of ether oxygens (including phenoxy) is 2. The van der Waals surface area contributed by atoms with Crippen molar-refractivity contribution in [1.29, 1.82) is 5.26 Å². The van der Waals surface area contributed by atoms with E-state index in [1.807, 2.05) is 6.07 Å². The molecular weight excluding hydrogens is 1220 g/mol. The molecule has 0 spiro atoms. The number of nitriles is 1. The molecule has 19 rings (SSSR count). The standard InChI is InChI=1S/C91H71B2N5O2/c1-89(2,3)59-33-41-76-67(49-59)66-44-55(54-94)32-40-75(66)96(76)64-37-39-71-80(53-64)98(74-29-19-16-26-65(74)56-22-12-10-13-23-56)82-46-57(58-47-85-88-86(48-58)100-84-31-21-18-28-73(84)93(88)72-27-17-20-30-83(72)99-85)45-81-87(82)92(71)70-38-36-63(52-79(70)95(81)62-24-14-11-15-25-62)97-77-42-34-60(90(4,5)6)50-68(77)69-51-61(91(7,8)9)35-43-78(69)97/h10-53H,1-9H3.